The Morgan fingerprint density at radius 1 is 1.21 bits per heavy atom. The van der Waals surface area contributed by atoms with Gasteiger partial charge in [0.25, 0.3) is 10.0 Å². The van der Waals surface area contributed by atoms with Gasteiger partial charge in [-0.15, -0.1) is 0 Å². The number of aryl methyl sites for hydroxylation is 1. The highest BCUT2D eigenvalue weighted by molar-refractivity contribution is 7.90. The number of hydrogen-bond donors (Lipinski definition) is 1. The van der Waals surface area contributed by atoms with Crippen LogP contribution in [0.2, 0.25) is 0 Å². The van der Waals surface area contributed by atoms with Crippen molar-refractivity contribution in [2.45, 2.75) is 18.2 Å². The Morgan fingerprint density at radius 2 is 1.96 bits per heavy atom. The molecule has 24 heavy (non-hydrogen) atoms. The van der Waals surface area contributed by atoms with Gasteiger partial charge < -0.3 is 5.73 Å². The molecule has 0 aliphatic heterocycles. The van der Waals surface area contributed by atoms with Crippen molar-refractivity contribution in [3.05, 3.63) is 60.1 Å². The number of benzene rings is 1. The van der Waals surface area contributed by atoms with Crippen molar-refractivity contribution in [3.8, 4) is 0 Å². The van der Waals surface area contributed by atoms with Crippen LogP contribution in [0.15, 0.2) is 53.7 Å². The van der Waals surface area contributed by atoms with Crippen LogP contribution in [0.1, 0.15) is 17.7 Å². The van der Waals surface area contributed by atoms with Crippen molar-refractivity contribution in [3.63, 3.8) is 0 Å². The zero-order chi connectivity index (χ0) is 17.2. The van der Waals surface area contributed by atoms with E-state index >= 15 is 0 Å². The molecule has 6 nitrogen and oxygen atoms in total. The number of nitrogens with zero attached hydrogens (tertiary/aromatic N) is 3. The SMILES string of the molecule is Cc1ccc(S(=O)(=O)n2ccc3nc(C=CCCN)cnc32)cc1. The fraction of sp³-hybridized carbons (Fsp3) is 0.176. The van der Waals surface area contributed by atoms with Crippen LogP contribution >= 0.6 is 0 Å². The molecule has 2 heterocycles. The summed E-state index contributed by atoms with van der Waals surface area (Å²) in [5, 5.41) is 0. The van der Waals surface area contributed by atoms with Crippen LogP contribution in [0.25, 0.3) is 17.2 Å². The van der Waals surface area contributed by atoms with Crippen molar-refractivity contribution in [1.29, 1.82) is 0 Å². The molecule has 0 aliphatic rings. The first-order valence-electron chi connectivity index (χ1n) is 7.55. The summed E-state index contributed by atoms with van der Waals surface area (Å²) in [6.45, 7) is 2.48. The van der Waals surface area contributed by atoms with E-state index in [1.54, 1.807) is 36.5 Å². The van der Waals surface area contributed by atoms with Crippen molar-refractivity contribution in [1.82, 2.24) is 13.9 Å². The van der Waals surface area contributed by atoms with Crippen LogP contribution in [-0.4, -0.2) is 28.9 Å². The van der Waals surface area contributed by atoms with Crippen molar-refractivity contribution >= 4 is 27.3 Å². The van der Waals surface area contributed by atoms with E-state index in [1.165, 1.54) is 6.20 Å². The Bertz CT molecular complexity index is 989. The van der Waals surface area contributed by atoms with Crippen LogP contribution in [0.5, 0.6) is 0 Å². The highest BCUT2D eigenvalue weighted by Gasteiger charge is 2.19. The summed E-state index contributed by atoms with van der Waals surface area (Å²) in [6.07, 6.45) is 7.52. The molecule has 124 valence electrons. The summed E-state index contributed by atoms with van der Waals surface area (Å²) in [4.78, 5) is 8.90. The first-order valence-corrected chi connectivity index (χ1v) is 8.99. The Morgan fingerprint density at radius 3 is 2.67 bits per heavy atom. The maximum absolute atomic E-state index is 12.8. The Labute approximate surface area is 140 Å². The fourth-order valence-corrected chi connectivity index (χ4v) is 3.60. The highest BCUT2D eigenvalue weighted by Crippen LogP contribution is 2.20. The third-order valence-electron chi connectivity index (χ3n) is 3.57. The quantitative estimate of drug-likeness (QED) is 0.768. The molecule has 0 unspecified atom stereocenters. The average molecular weight is 342 g/mol. The molecule has 2 N–H and O–H groups in total. The van der Waals surface area contributed by atoms with E-state index in [0.29, 0.717) is 23.4 Å². The van der Waals surface area contributed by atoms with Crippen molar-refractivity contribution in [2.75, 3.05) is 6.54 Å². The van der Waals surface area contributed by atoms with E-state index in [1.807, 2.05) is 19.1 Å². The molecule has 0 atom stereocenters. The fourth-order valence-electron chi connectivity index (χ4n) is 2.30. The molecular formula is C17H18N4O2S. The molecule has 1 aromatic carbocycles. The van der Waals surface area contributed by atoms with Gasteiger partial charge in [-0.2, -0.15) is 0 Å². The molecule has 0 radical (unpaired) electrons. The van der Waals surface area contributed by atoms with Gasteiger partial charge in [-0.05, 0) is 44.2 Å². The largest absolute Gasteiger partial charge is 0.330 e. The van der Waals surface area contributed by atoms with E-state index in [-0.39, 0.29) is 4.90 Å². The molecule has 0 bridgehead atoms. The molecular weight excluding hydrogens is 324 g/mol. The first kappa shape index (κ1) is 16.4. The van der Waals surface area contributed by atoms with Gasteiger partial charge in [-0.3, -0.25) is 0 Å². The van der Waals surface area contributed by atoms with Crippen molar-refractivity contribution < 1.29 is 8.42 Å². The molecule has 0 amide bonds. The molecule has 0 saturated heterocycles. The highest BCUT2D eigenvalue weighted by atomic mass is 32.2. The van der Waals surface area contributed by atoms with Gasteiger partial charge in [-0.1, -0.05) is 23.8 Å². The lowest BCUT2D eigenvalue weighted by Gasteiger charge is -2.07. The Hall–Kier alpha value is -2.51. The zero-order valence-corrected chi connectivity index (χ0v) is 14.1. The lowest BCUT2D eigenvalue weighted by molar-refractivity contribution is 0.588. The number of nitrogens with two attached hydrogens (primary N) is 1. The van der Waals surface area contributed by atoms with Crippen LogP contribution in [0.4, 0.5) is 0 Å². The summed E-state index contributed by atoms with van der Waals surface area (Å²) in [6, 6.07) is 8.37. The molecule has 0 fully saturated rings. The van der Waals surface area contributed by atoms with E-state index in [9.17, 15) is 8.42 Å². The third kappa shape index (κ3) is 3.08. The molecule has 0 saturated carbocycles. The van der Waals surface area contributed by atoms with Crippen molar-refractivity contribution in [2.24, 2.45) is 5.73 Å². The number of aromatic nitrogens is 3. The van der Waals surface area contributed by atoms with Crippen LogP contribution in [-0.2, 0) is 10.0 Å². The second-order valence-corrected chi connectivity index (χ2v) is 7.23. The first-order chi connectivity index (χ1) is 11.5. The summed E-state index contributed by atoms with van der Waals surface area (Å²) < 4.78 is 26.7. The molecule has 0 aliphatic carbocycles. The molecule has 3 rings (SSSR count). The monoisotopic (exact) mass is 342 g/mol. The minimum atomic E-state index is -3.69. The van der Waals surface area contributed by atoms with E-state index < -0.39 is 10.0 Å². The van der Waals surface area contributed by atoms with Gasteiger partial charge in [0.1, 0.15) is 5.52 Å². The van der Waals surface area contributed by atoms with Gasteiger partial charge in [0, 0.05) is 6.20 Å². The minimum absolute atomic E-state index is 0.222. The van der Waals surface area contributed by atoms with E-state index in [0.717, 1.165) is 16.0 Å². The Kier molecular flexibility index (Phi) is 4.46. The zero-order valence-electron chi connectivity index (χ0n) is 13.3. The standard InChI is InChI=1S/C17H18N4O2S/c1-13-5-7-15(8-6-13)24(22,23)21-11-9-16-17(21)19-12-14(20-16)4-2-3-10-18/h2,4-9,11-12H,3,10,18H2,1H3. The molecule has 7 heteroatoms. The Balaban J connectivity index is 2.02. The van der Waals surface area contributed by atoms with E-state index in [2.05, 4.69) is 9.97 Å². The summed E-state index contributed by atoms with van der Waals surface area (Å²) >= 11 is 0. The summed E-state index contributed by atoms with van der Waals surface area (Å²) in [5.41, 5.74) is 7.95. The summed E-state index contributed by atoms with van der Waals surface area (Å²) in [7, 11) is -3.69. The predicted molar refractivity (Wildman–Crippen MR) is 94.0 cm³/mol. The second-order valence-electron chi connectivity index (χ2n) is 5.41. The number of rotatable bonds is 5. The van der Waals surface area contributed by atoms with Gasteiger partial charge in [0.05, 0.1) is 16.8 Å². The predicted octanol–water partition coefficient (Wildman–Crippen LogP) is 2.34. The van der Waals surface area contributed by atoms with Crippen LogP contribution in [0, 0.1) is 6.92 Å². The third-order valence-corrected chi connectivity index (χ3v) is 5.25. The number of fused-ring (bicyclic) bond motifs is 1. The number of hydrogen-bond acceptors (Lipinski definition) is 5. The van der Waals surface area contributed by atoms with Gasteiger partial charge in [0.2, 0.25) is 0 Å². The normalized spacial score (nSPS) is 12.2. The maximum atomic E-state index is 12.8. The summed E-state index contributed by atoms with van der Waals surface area (Å²) in [5.74, 6) is 0. The van der Waals surface area contributed by atoms with Gasteiger partial charge in [0.15, 0.2) is 5.65 Å². The lowest BCUT2D eigenvalue weighted by atomic mass is 10.2. The minimum Gasteiger partial charge on any atom is -0.330 e. The second kappa shape index (κ2) is 6.54. The smallest absolute Gasteiger partial charge is 0.269 e. The van der Waals surface area contributed by atoms with Gasteiger partial charge in [-0.25, -0.2) is 22.4 Å². The topological polar surface area (TPSA) is 90.9 Å². The maximum Gasteiger partial charge on any atom is 0.269 e. The van der Waals surface area contributed by atoms with Crippen LogP contribution < -0.4 is 5.73 Å². The lowest BCUT2D eigenvalue weighted by Crippen LogP contribution is -2.12. The van der Waals surface area contributed by atoms with E-state index in [4.69, 9.17) is 5.73 Å². The average Bonchev–Trinajstić information content (AvgIpc) is 2.99. The van der Waals surface area contributed by atoms with Crippen LogP contribution in [0.3, 0.4) is 0 Å². The van der Waals surface area contributed by atoms with Gasteiger partial charge >= 0.3 is 0 Å². The molecule has 2 aromatic heterocycles. The molecule has 0 spiro atoms. The molecule has 3 aromatic rings.